The Hall–Kier alpha value is -0.880. The van der Waals surface area contributed by atoms with Gasteiger partial charge in [0.2, 0.25) is 0 Å². The molecule has 2 N–H and O–H groups in total. The van der Waals surface area contributed by atoms with Crippen LogP contribution in [0, 0.1) is 5.92 Å². The first-order chi connectivity index (χ1) is 9.09. The Morgan fingerprint density at radius 2 is 2.42 bits per heavy atom. The maximum absolute atomic E-state index is 12.1. The predicted octanol–water partition coefficient (Wildman–Crippen LogP) is 2.00. The Bertz CT molecular complexity index is 480. The summed E-state index contributed by atoms with van der Waals surface area (Å²) in [7, 11) is 0. The second kappa shape index (κ2) is 6.52. The summed E-state index contributed by atoms with van der Waals surface area (Å²) in [5.74, 6) is 0.619. The first kappa shape index (κ1) is 14.5. The molecule has 1 atom stereocenters. The zero-order chi connectivity index (χ0) is 13.8. The molecule has 1 aromatic heterocycles. The Balaban J connectivity index is 2.04. The van der Waals surface area contributed by atoms with E-state index in [0.717, 1.165) is 25.3 Å². The number of anilines is 1. The van der Waals surface area contributed by atoms with E-state index in [4.69, 9.17) is 0 Å². The number of nitrogens with zero attached hydrogens (tertiary/aromatic N) is 2. The molecule has 1 saturated heterocycles. The molecule has 0 aliphatic carbocycles. The Morgan fingerprint density at radius 1 is 1.63 bits per heavy atom. The van der Waals surface area contributed by atoms with E-state index in [0.29, 0.717) is 10.4 Å². The van der Waals surface area contributed by atoms with Crippen LogP contribution in [0.25, 0.3) is 0 Å². The summed E-state index contributed by atoms with van der Waals surface area (Å²) in [4.78, 5) is 12.1. The van der Waals surface area contributed by atoms with Gasteiger partial charge in [0.15, 0.2) is 0 Å². The van der Waals surface area contributed by atoms with Gasteiger partial charge in [-0.25, -0.2) is 4.68 Å². The van der Waals surface area contributed by atoms with Gasteiger partial charge >= 0.3 is 0 Å². The van der Waals surface area contributed by atoms with E-state index >= 15 is 0 Å². The van der Waals surface area contributed by atoms with E-state index in [2.05, 4.69) is 31.7 Å². The highest BCUT2D eigenvalue weighted by atomic mass is 79.9. The minimum absolute atomic E-state index is 0.0698. The molecule has 1 fully saturated rings. The van der Waals surface area contributed by atoms with Gasteiger partial charge in [0.1, 0.15) is 4.47 Å². The molecular weight excluding hydrogens is 308 g/mol. The molecule has 5 nitrogen and oxygen atoms in total. The van der Waals surface area contributed by atoms with Gasteiger partial charge in [-0.3, -0.25) is 4.79 Å². The van der Waals surface area contributed by atoms with Crippen molar-refractivity contribution in [3.63, 3.8) is 0 Å². The minimum Gasteiger partial charge on any atom is -0.382 e. The lowest BCUT2D eigenvalue weighted by molar-refractivity contribution is 0.392. The molecule has 1 aliphatic rings. The molecule has 1 aliphatic heterocycles. The fourth-order valence-corrected chi connectivity index (χ4v) is 2.71. The van der Waals surface area contributed by atoms with Gasteiger partial charge < -0.3 is 10.6 Å². The first-order valence-corrected chi connectivity index (χ1v) is 7.60. The zero-order valence-electron chi connectivity index (χ0n) is 11.4. The average Bonchev–Trinajstić information content (AvgIpc) is 2.41. The number of aromatic nitrogens is 2. The fraction of sp³-hybridized carbons (Fsp3) is 0.692. The summed E-state index contributed by atoms with van der Waals surface area (Å²) in [5, 5.41) is 10.9. The van der Waals surface area contributed by atoms with Crippen LogP contribution in [0.2, 0.25) is 0 Å². The molecule has 0 amide bonds. The van der Waals surface area contributed by atoms with E-state index in [1.54, 1.807) is 6.20 Å². The van der Waals surface area contributed by atoms with Crippen molar-refractivity contribution in [2.24, 2.45) is 5.92 Å². The lowest BCUT2D eigenvalue weighted by atomic mass is 10.00. The van der Waals surface area contributed by atoms with Crippen molar-refractivity contribution in [2.75, 3.05) is 25.0 Å². The molecule has 1 aromatic rings. The Morgan fingerprint density at radius 3 is 3.05 bits per heavy atom. The lowest BCUT2D eigenvalue weighted by Gasteiger charge is -2.23. The SMILES string of the molecule is CC(C)n1ncc(NCC2CCCNC2)c(Br)c1=O. The van der Waals surface area contributed by atoms with Crippen molar-refractivity contribution in [1.82, 2.24) is 15.1 Å². The molecule has 19 heavy (non-hydrogen) atoms. The number of rotatable bonds is 4. The number of nitrogens with one attached hydrogen (secondary N) is 2. The Kier molecular flexibility index (Phi) is 4.99. The highest BCUT2D eigenvalue weighted by molar-refractivity contribution is 9.10. The van der Waals surface area contributed by atoms with Crippen molar-refractivity contribution >= 4 is 21.6 Å². The van der Waals surface area contributed by atoms with Crippen LogP contribution < -0.4 is 16.2 Å². The first-order valence-electron chi connectivity index (χ1n) is 6.81. The molecule has 0 radical (unpaired) electrons. The van der Waals surface area contributed by atoms with E-state index in [9.17, 15) is 4.79 Å². The van der Waals surface area contributed by atoms with Crippen molar-refractivity contribution in [3.8, 4) is 0 Å². The summed E-state index contributed by atoms with van der Waals surface area (Å²) < 4.78 is 2.05. The van der Waals surface area contributed by atoms with E-state index in [1.807, 2.05) is 13.8 Å². The van der Waals surface area contributed by atoms with Crippen LogP contribution in [0.1, 0.15) is 32.7 Å². The van der Waals surface area contributed by atoms with Crippen molar-refractivity contribution in [2.45, 2.75) is 32.7 Å². The molecule has 2 heterocycles. The summed E-state index contributed by atoms with van der Waals surface area (Å²) in [5.41, 5.74) is 0.703. The van der Waals surface area contributed by atoms with E-state index in [1.165, 1.54) is 17.5 Å². The lowest BCUT2D eigenvalue weighted by Crippen LogP contribution is -2.34. The van der Waals surface area contributed by atoms with Gasteiger partial charge in [-0.2, -0.15) is 5.10 Å². The van der Waals surface area contributed by atoms with Crippen LogP contribution in [-0.2, 0) is 0 Å². The van der Waals surface area contributed by atoms with Crippen LogP contribution >= 0.6 is 15.9 Å². The summed E-state index contributed by atoms with van der Waals surface area (Å²) in [6.07, 6.45) is 4.18. The second-order valence-electron chi connectivity index (χ2n) is 5.31. The standard InChI is InChI=1S/C13H21BrN4O/c1-9(2)18-13(19)12(14)11(8-17-18)16-7-10-4-3-5-15-6-10/h8-10,15-16H,3-7H2,1-2H3. The monoisotopic (exact) mass is 328 g/mol. The van der Waals surface area contributed by atoms with Crippen molar-refractivity contribution < 1.29 is 0 Å². The van der Waals surface area contributed by atoms with Gasteiger partial charge in [-0.1, -0.05) is 0 Å². The van der Waals surface area contributed by atoms with Crippen LogP contribution in [0.5, 0.6) is 0 Å². The topological polar surface area (TPSA) is 59.0 Å². The molecule has 0 aromatic carbocycles. The number of hydrogen-bond acceptors (Lipinski definition) is 4. The molecule has 0 bridgehead atoms. The quantitative estimate of drug-likeness (QED) is 0.887. The zero-order valence-corrected chi connectivity index (χ0v) is 13.0. The second-order valence-corrected chi connectivity index (χ2v) is 6.10. The van der Waals surface area contributed by atoms with Crippen molar-refractivity contribution in [3.05, 3.63) is 21.0 Å². The highest BCUT2D eigenvalue weighted by Crippen LogP contribution is 2.19. The van der Waals surface area contributed by atoms with Gasteiger partial charge in [-0.15, -0.1) is 0 Å². The number of halogens is 1. The fourth-order valence-electron chi connectivity index (χ4n) is 2.29. The van der Waals surface area contributed by atoms with Gasteiger partial charge in [-0.05, 0) is 61.6 Å². The van der Waals surface area contributed by atoms with E-state index in [-0.39, 0.29) is 11.6 Å². The summed E-state index contributed by atoms with van der Waals surface area (Å²) in [6.45, 7) is 6.93. The molecule has 0 spiro atoms. The minimum atomic E-state index is -0.0817. The summed E-state index contributed by atoms with van der Waals surface area (Å²) in [6, 6.07) is 0.0698. The molecule has 0 saturated carbocycles. The van der Waals surface area contributed by atoms with Crippen LogP contribution in [0.3, 0.4) is 0 Å². The third-order valence-corrected chi connectivity index (χ3v) is 4.18. The normalized spacial score (nSPS) is 19.7. The van der Waals surface area contributed by atoms with Gasteiger partial charge in [0, 0.05) is 6.54 Å². The van der Waals surface area contributed by atoms with Crippen LogP contribution in [0.4, 0.5) is 5.69 Å². The number of hydrogen-bond donors (Lipinski definition) is 2. The van der Waals surface area contributed by atoms with Gasteiger partial charge in [0.05, 0.1) is 17.9 Å². The molecule has 6 heteroatoms. The van der Waals surface area contributed by atoms with E-state index < -0.39 is 0 Å². The third-order valence-electron chi connectivity index (χ3n) is 3.41. The van der Waals surface area contributed by atoms with Crippen LogP contribution in [0.15, 0.2) is 15.5 Å². The van der Waals surface area contributed by atoms with Crippen LogP contribution in [-0.4, -0.2) is 29.4 Å². The maximum atomic E-state index is 12.1. The molecule has 1 unspecified atom stereocenters. The van der Waals surface area contributed by atoms with Gasteiger partial charge in [0.25, 0.3) is 5.56 Å². The molecule has 2 rings (SSSR count). The maximum Gasteiger partial charge on any atom is 0.283 e. The third kappa shape index (κ3) is 3.57. The predicted molar refractivity (Wildman–Crippen MR) is 80.7 cm³/mol. The Labute approximate surface area is 121 Å². The molecule has 106 valence electrons. The molecular formula is C13H21BrN4O. The smallest absolute Gasteiger partial charge is 0.283 e. The summed E-state index contributed by atoms with van der Waals surface area (Å²) >= 11 is 3.37. The largest absolute Gasteiger partial charge is 0.382 e. The number of piperidine rings is 1. The van der Waals surface area contributed by atoms with Crippen molar-refractivity contribution in [1.29, 1.82) is 0 Å². The average molecular weight is 329 g/mol. The highest BCUT2D eigenvalue weighted by Gasteiger charge is 2.15.